The first-order valence-corrected chi connectivity index (χ1v) is 7.50. The van der Waals surface area contributed by atoms with Crippen molar-refractivity contribution in [3.05, 3.63) is 36.8 Å². The molecule has 0 aromatic carbocycles. The molecule has 0 aromatic heterocycles. The molecule has 0 bridgehead atoms. The van der Waals surface area contributed by atoms with Crippen molar-refractivity contribution in [2.75, 3.05) is 0 Å². The van der Waals surface area contributed by atoms with Crippen molar-refractivity contribution in [3.63, 3.8) is 0 Å². The Hall–Kier alpha value is -1.84. The maximum absolute atomic E-state index is 11.5. The van der Waals surface area contributed by atoms with E-state index in [1.165, 1.54) is 12.5 Å². The van der Waals surface area contributed by atoms with Crippen molar-refractivity contribution < 1.29 is 19.1 Å². The maximum Gasteiger partial charge on any atom is 0.338 e. The third kappa shape index (κ3) is 11.7. The summed E-state index contributed by atoms with van der Waals surface area (Å²) in [4.78, 5) is 23.0. The Morgan fingerprint density at radius 2 is 1.48 bits per heavy atom. The minimum atomic E-state index is -0.602. The molecule has 118 valence electrons. The molecule has 4 nitrogen and oxygen atoms in total. The fourth-order valence-electron chi connectivity index (χ4n) is 1.39. The van der Waals surface area contributed by atoms with E-state index in [1.807, 2.05) is 0 Å². The Balaban J connectivity index is 3.89. The van der Waals surface area contributed by atoms with E-state index in [1.54, 1.807) is 12.2 Å². The molecule has 0 fully saturated rings. The van der Waals surface area contributed by atoms with Crippen molar-refractivity contribution in [3.8, 4) is 0 Å². The Kier molecular flexibility index (Phi) is 12.0. The minimum Gasteiger partial charge on any atom is -0.435 e. The molecule has 0 aromatic rings. The molecule has 0 saturated heterocycles. The zero-order chi connectivity index (χ0) is 15.9. The van der Waals surface area contributed by atoms with E-state index in [0.717, 1.165) is 38.5 Å². The molecule has 0 aliphatic carbocycles. The van der Waals surface area contributed by atoms with Crippen LogP contribution >= 0.6 is 0 Å². The Morgan fingerprint density at radius 1 is 0.952 bits per heavy atom. The number of carbonyl (C=O) groups excluding carboxylic acids is 2. The van der Waals surface area contributed by atoms with Gasteiger partial charge < -0.3 is 9.47 Å². The van der Waals surface area contributed by atoms with Crippen molar-refractivity contribution in [1.82, 2.24) is 0 Å². The highest BCUT2D eigenvalue weighted by atomic mass is 16.5. The zero-order valence-electron chi connectivity index (χ0n) is 13.1. The van der Waals surface area contributed by atoms with Gasteiger partial charge in [0.15, 0.2) is 0 Å². The van der Waals surface area contributed by atoms with E-state index in [9.17, 15) is 9.59 Å². The van der Waals surface area contributed by atoms with Crippen LogP contribution < -0.4 is 0 Å². The van der Waals surface area contributed by atoms with Crippen LogP contribution in [0.4, 0.5) is 0 Å². The first kappa shape index (κ1) is 19.2. The highest BCUT2D eigenvalue weighted by molar-refractivity contribution is 5.93. The standard InChI is InChI=1S/C17H26O4/c1-4-6-8-10-12-20-16(18)14-15(3)17(19)21-13-11-9-7-5-2/h10-13H,3-9,14H2,1-2H3. The summed E-state index contributed by atoms with van der Waals surface area (Å²) < 4.78 is 9.72. The van der Waals surface area contributed by atoms with E-state index < -0.39 is 11.9 Å². The second kappa shape index (κ2) is 13.2. The molecule has 0 unspecified atom stereocenters. The lowest BCUT2D eigenvalue weighted by Gasteiger charge is -2.02. The molecule has 0 aliphatic heterocycles. The number of hydrogen-bond acceptors (Lipinski definition) is 4. The highest BCUT2D eigenvalue weighted by Gasteiger charge is 2.12. The summed E-state index contributed by atoms with van der Waals surface area (Å²) in [7, 11) is 0. The molecule has 0 spiro atoms. The number of hydrogen-bond donors (Lipinski definition) is 0. The summed E-state index contributed by atoms with van der Waals surface area (Å²) in [5.74, 6) is -1.12. The average molecular weight is 294 g/mol. The van der Waals surface area contributed by atoms with Crippen LogP contribution in [0.2, 0.25) is 0 Å². The lowest BCUT2D eigenvalue weighted by molar-refractivity contribution is -0.140. The first-order chi connectivity index (χ1) is 10.1. The highest BCUT2D eigenvalue weighted by Crippen LogP contribution is 2.05. The van der Waals surface area contributed by atoms with Crippen molar-refractivity contribution in [2.45, 2.75) is 58.8 Å². The predicted octanol–water partition coefficient (Wildman–Crippen LogP) is 4.43. The number of esters is 2. The van der Waals surface area contributed by atoms with Gasteiger partial charge in [-0.1, -0.05) is 33.3 Å². The van der Waals surface area contributed by atoms with Crippen LogP contribution in [0.3, 0.4) is 0 Å². The van der Waals surface area contributed by atoms with Gasteiger partial charge in [0, 0.05) is 5.57 Å². The zero-order valence-corrected chi connectivity index (χ0v) is 13.1. The minimum absolute atomic E-state index is 0.0853. The normalized spacial score (nSPS) is 11.0. The maximum atomic E-state index is 11.5. The second-order valence-electron chi connectivity index (χ2n) is 4.70. The molecule has 4 heteroatoms. The molecule has 0 atom stereocenters. The van der Waals surface area contributed by atoms with Gasteiger partial charge in [-0.3, -0.25) is 4.79 Å². The molecular formula is C17H26O4. The molecule has 0 aliphatic rings. The summed E-state index contributed by atoms with van der Waals surface area (Å²) in [5, 5.41) is 0. The van der Waals surface area contributed by atoms with Gasteiger partial charge in [0.2, 0.25) is 0 Å². The molecule has 0 saturated carbocycles. The summed E-state index contributed by atoms with van der Waals surface area (Å²) in [6.07, 6.45) is 12.1. The Morgan fingerprint density at radius 3 is 2.00 bits per heavy atom. The average Bonchev–Trinajstić information content (AvgIpc) is 2.46. The summed E-state index contributed by atoms with van der Waals surface area (Å²) >= 11 is 0. The molecule has 0 heterocycles. The van der Waals surface area contributed by atoms with Crippen LogP contribution in [0, 0.1) is 0 Å². The summed E-state index contributed by atoms with van der Waals surface area (Å²) in [6.45, 7) is 7.71. The first-order valence-electron chi connectivity index (χ1n) is 7.50. The lowest BCUT2D eigenvalue weighted by atomic mass is 10.2. The second-order valence-corrected chi connectivity index (χ2v) is 4.70. The molecule has 0 amide bonds. The predicted molar refractivity (Wildman–Crippen MR) is 83.3 cm³/mol. The number of carbonyl (C=O) groups is 2. The molecule has 0 rings (SSSR count). The molecule has 0 radical (unpaired) electrons. The van der Waals surface area contributed by atoms with Gasteiger partial charge in [0.25, 0.3) is 0 Å². The van der Waals surface area contributed by atoms with Gasteiger partial charge in [0.05, 0.1) is 18.9 Å². The smallest absolute Gasteiger partial charge is 0.338 e. The van der Waals surface area contributed by atoms with E-state index in [-0.39, 0.29) is 12.0 Å². The van der Waals surface area contributed by atoms with Gasteiger partial charge >= 0.3 is 11.9 Å². The molecule has 21 heavy (non-hydrogen) atoms. The van der Waals surface area contributed by atoms with Crippen LogP contribution in [0.5, 0.6) is 0 Å². The summed E-state index contributed by atoms with van der Waals surface area (Å²) in [6, 6.07) is 0. The van der Waals surface area contributed by atoms with Crippen LogP contribution in [0.25, 0.3) is 0 Å². The van der Waals surface area contributed by atoms with Crippen LogP contribution in [-0.4, -0.2) is 11.9 Å². The van der Waals surface area contributed by atoms with E-state index in [4.69, 9.17) is 9.47 Å². The van der Waals surface area contributed by atoms with Gasteiger partial charge in [0.1, 0.15) is 0 Å². The van der Waals surface area contributed by atoms with Crippen molar-refractivity contribution in [2.24, 2.45) is 0 Å². The number of unbranched alkanes of at least 4 members (excludes halogenated alkanes) is 4. The largest absolute Gasteiger partial charge is 0.435 e. The quantitative estimate of drug-likeness (QED) is 0.245. The third-order valence-corrected chi connectivity index (χ3v) is 2.66. The van der Waals surface area contributed by atoms with Crippen molar-refractivity contribution in [1.29, 1.82) is 0 Å². The van der Waals surface area contributed by atoms with Crippen molar-refractivity contribution >= 4 is 11.9 Å². The Bertz CT molecular complexity index is 380. The fraction of sp³-hybridized carbons (Fsp3) is 0.529. The SMILES string of the molecule is C=C(CC(=O)OC=CCCCC)C(=O)OC=CCCCC. The fourth-order valence-corrected chi connectivity index (χ4v) is 1.39. The number of allylic oxidation sites excluding steroid dienone is 2. The Labute approximate surface area is 127 Å². The third-order valence-electron chi connectivity index (χ3n) is 2.66. The molecule has 0 N–H and O–H groups in total. The molecular weight excluding hydrogens is 268 g/mol. The van der Waals surface area contributed by atoms with Gasteiger partial charge in [-0.2, -0.15) is 0 Å². The number of rotatable bonds is 11. The monoisotopic (exact) mass is 294 g/mol. The van der Waals surface area contributed by atoms with Crippen LogP contribution in [0.1, 0.15) is 58.8 Å². The van der Waals surface area contributed by atoms with Crippen LogP contribution in [-0.2, 0) is 19.1 Å². The van der Waals surface area contributed by atoms with Crippen LogP contribution in [0.15, 0.2) is 36.8 Å². The topological polar surface area (TPSA) is 52.6 Å². The van der Waals surface area contributed by atoms with Gasteiger partial charge in [-0.05, 0) is 37.8 Å². The van der Waals surface area contributed by atoms with Gasteiger partial charge in [-0.15, -0.1) is 0 Å². The lowest BCUT2D eigenvalue weighted by Crippen LogP contribution is -2.09. The summed E-state index contributed by atoms with van der Waals surface area (Å²) in [5.41, 5.74) is 0.0853. The van der Waals surface area contributed by atoms with E-state index in [0.29, 0.717) is 0 Å². The number of ether oxygens (including phenoxy) is 2. The van der Waals surface area contributed by atoms with E-state index >= 15 is 0 Å². The van der Waals surface area contributed by atoms with Gasteiger partial charge in [-0.25, -0.2) is 4.79 Å². The van der Waals surface area contributed by atoms with E-state index in [2.05, 4.69) is 20.4 Å².